The number of halogens is 1. The Morgan fingerprint density at radius 2 is 1.61 bits per heavy atom. The van der Waals surface area contributed by atoms with Crippen molar-refractivity contribution >= 4 is 17.8 Å². The van der Waals surface area contributed by atoms with E-state index in [2.05, 4.69) is 5.32 Å². The Bertz CT molecular complexity index is 771. The first-order chi connectivity index (χ1) is 10.9. The summed E-state index contributed by atoms with van der Waals surface area (Å²) in [6.45, 7) is 0.0499. The van der Waals surface area contributed by atoms with Crippen molar-refractivity contribution in [2.24, 2.45) is 0 Å². The lowest BCUT2D eigenvalue weighted by Gasteiger charge is -2.08. The molecule has 0 fully saturated rings. The number of carboxylic acids is 2. The van der Waals surface area contributed by atoms with E-state index in [0.29, 0.717) is 5.56 Å². The molecule has 0 aliphatic carbocycles. The second kappa shape index (κ2) is 6.69. The van der Waals surface area contributed by atoms with E-state index in [4.69, 9.17) is 10.2 Å². The van der Waals surface area contributed by atoms with Gasteiger partial charge < -0.3 is 15.5 Å². The molecule has 0 radical (unpaired) electrons. The molecule has 0 atom stereocenters. The number of carbonyl (C=O) groups excluding carboxylic acids is 1. The highest BCUT2D eigenvalue weighted by atomic mass is 19.1. The second-order valence-corrected chi connectivity index (χ2v) is 4.65. The average molecular weight is 317 g/mol. The van der Waals surface area contributed by atoms with Crippen LogP contribution in [0.4, 0.5) is 4.39 Å². The summed E-state index contributed by atoms with van der Waals surface area (Å²) in [5.41, 5.74) is -0.235. The van der Waals surface area contributed by atoms with E-state index >= 15 is 0 Å². The summed E-state index contributed by atoms with van der Waals surface area (Å²) in [5.74, 6) is -4.31. The molecular weight excluding hydrogens is 305 g/mol. The maximum Gasteiger partial charge on any atom is 0.339 e. The highest BCUT2D eigenvalue weighted by Gasteiger charge is 2.20. The van der Waals surface area contributed by atoms with E-state index in [1.807, 2.05) is 0 Å². The molecule has 3 N–H and O–H groups in total. The minimum absolute atomic E-state index is 0.0499. The van der Waals surface area contributed by atoms with E-state index in [9.17, 15) is 18.8 Å². The Hall–Kier alpha value is -3.22. The molecule has 0 spiro atoms. The highest BCUT2D eigenvalue weighted by molar-refractivity contribution is 6.04. The molecule has 0 aliphatic rings. The third-order valence-electron chi connectivity index (χ3n) is 3.13. The van der Waals surface area contributed by atoms with Crippen molar-refractivity contribution in [2.45, 2.75) is 6.54 Å². The van der Waals surface area contributed by atoms with Gasteiger partial charge in [-0.1, -0.05) is 18.2 Å². The molecule has 2 rings (SSSR count). The number of amides is 1. The molecule has 0 saturated heterocycles. The third-order valence-corrected chi connectivity index (χ3v) is 3.13. The fourth-order valence-electron chi connectivity index (χ4n) is 1.97. The number of aromatic carboxylic acids is 2. The van der Waals surface area contributed by atoms with Crippen molar-refractivity contribution in [2.75, 3.05) is 0 Å². The zero-order chi connectivity index (χ0) is 17.0. The molecular formula is C16H12FNO5. The first-order valence-corrected chi connectivity index (χ1v) is 6.52. The summed E-state index contributed by atoms with van der Waals surface area (Å²) in [6, 6.07) is 9.24. The van der Waals surface area contributed by atoms with Crippen LogP contribution in [0.25, 0.3) is 0 Å². The molecule has 1 amide bonds. The number of nitrogens with one attached hydrogen (secondary N) is 1. The van der Waals surface area contributed by atoms with E-state index in [1.54, 1.807) is 0 Å². The molecule has 118 valence electrons. The Balaban J connectivity index is 2.13. The molecule has 6 nitrogen and oxygen atoms in total. The number of hydrogen-bond acceptors (Lipinski definition) is 3. The first-order valence-electron chi connectivity index (χ1n) is 6.52. The zero-order valence-corrected chi connectivity index (χ0v) is 11.7. The van der Waals surface area contributed by atoms with Crippen LogP contribution >= 0.6 is 0 Å². The Morgan fingerprint density at radius 1 is 0.957 bits per heavy atom. The van der Waals surface area contributed by atoms with Crippen LogP contribution in [0.3, 0.4) is 0 Å². The number of benzene rings is 2. The smallest absolute Gasteiger partial charge is 0.339 e. The topological polar surface area (TPSA) is 104 Å². The number of hydrogen-bond donors (Lipinski definition) is 3. The molecule has 0 aliphatic heterocycles. The van der Waals surface area contributed by atoms with Crippen LogP contribution in [-0.4, -0.2) is 28.1 Å². The van der Waals surface area contributed by atoms with Crippen LogP contribution in [0.5, 0.6) is 0 Å². The lowest BCUT2D eigenvalue weighted by molar-refractivity contribution is 0.0680. The van der Waals surface area contributed by atoms with Gasteiger partial charge in [-0.3, -0.25) is 4.79 Å². The van der Waals surface area contributed by atoms with Crippen LogP contribution < -0.4 is 5.32 Å². The Kier molecular flexibility index (Phi) is 4.70. The van der Waals surface area contributed by atoms with Gasteiger partial charge in [0.2, 0.25) is 0 Å². The Labute approximate surface area is 130 Å². The summed E-state index contributed by atoms with van der Waals surface area (Å²) in [7, 11) is 0. The largest absolute Gasteiger partial charge is 0.478 e. The van der Waals surface area contributed by atoms with Crippen LogP contribution in [-0.2, 0) is 6.54 Å². The van der Waals surface area contributed by atoms with E-state index in [-0.39, 0.29) is 17.7 Å². The molecule has 0 saturated carbocycles. The normalized spacial score (nSPS) is 10.1. The molecule has 0 heterocycles. The second-order valence-electron chi connectivity index (χ2n) is 4.65. The van der Waals surface area contributed by atoms with Gasteiger partial charge in [-0.2, -0.15) is 0 Å². The van der Waals surface area contributed by atoms with Crippen molar-refractivity contribution in [1.29, 1.82) is 0 Å². The minimum Gasteiger partial charge on any atom is -0.478 e. The average Bonchev–Trinajstić information content (AvgIpc) is 2.52. The monoisotopic (exact) mass is 317 g/mol. The van der Waals surface area contributed by atoms with Crippen LogP contribution in [0.2, 0.25) is 0 Å². The summed E-state index contributed by atoms with van der Waals surface area (Å²) < 4.78 is 13.5. The van der Waals surface area contributed by atoms with Gasteiger partial charge >= 0.3 is 11.9 Å². The fourth-order valence-corrected chi connectivity index (χ4v) is 1.97. The fraction of sp³-hybridized carbons (Fsp3) is 0.0625. The van der Waals surface area contributed by atoms with Gasteiger partial charge in [0.15, 0.2) is 0 Å². The number of carboxylic acid groups (broad SMARTS) is 2. The maximum absolute atomic E-state index is 13.5. The first kappa shape index (κ1) is 16.2. The summed E-state index contributed by atoms with van der Waals surface area (Å²) >= 11 is 0. The van der Waals surface area contributed by atoms with Crippen LogP contribution in [0.1, 0.15) is 36.6 Å². The third kappa shape index (κ3) is 3.70. The molecule has 0 bridgehead atoms. The van der Waals surface area contributed by atoms with Crippen molar-refractivity contribution < 1.29 is 29.0 Å². The van der Waals surface area contributed by atoms with Crippen molar-refractivity contribution in [3.63, 3.8) is 0 Å². The molecule has 0 unspecified atom stereocenters. The van der Waals surface area contributed by atoms with Gasteiger partial charge in [0.05, 0.1) is 11.1 Å². The molecule has 7 heteroatoms. The number of rotatable bonds is 5. The van der Waals surface area contributed by atoms with Gasteiger partial charge in [-0.25, -0.2) is 14.0 Å². The predicted molar refractivity (Wildman–Crippen MR) is 77.9 cm³/mol. The van der Waals surface area contributed by atoms with E-state index in [0.717, 1.165) is 6.07 Å². The SMILES string of the molecule is O=C(O)c1ccc(CNC(=O)c2cccc(F)c2C(=O)O)cc1. The standard InChI is InChI=1S/C16H12FNO5/c17-12-3-1-2-11(13(12)16(22)23)14(19)18-8-9-4-6-10(7-5-9)15(20)21/h1-7H,8H2,(H,18,19)(H,20,21)(H,22,23). The van der Waals surface area contributed by atoms with Crippen LogP contribution in [0, 0.1) is 5.82 Å². The van der Waals surface area contributed by atoms with Gasteiger partial charge in [-0.15, -0.1) is 0 Å². The van der Waals surface area contributed by atoms with Gasteiger partial charge in [0.1, 0.15) is 11.4 Å². The van der Waals surface area contributed by atoms with Crippen molar-refractivity contribution in [3.05, 3.63) is 70.5 Å². The van der Waals surface area contributed by atoms with Gasteiger partial charge in [0.25, 0.3) is 5.91 Å². The van der Waals surface area contributed by atoms with Crippen LogP contribution in [0.15, 0.2) is 42.5 Å². The molecule has 0 aromatic heterocycles. The van der Waals surface area contributed by atoms with E-state index < -0.39 is 29.2 Å². The molecule has 2 aromatic carbocycles. The lowest BCUT2D eigenvalue weighted by Crippen LogP contribution is -2.25. The quantitative estimate of drug-likeness (QED) is 0.784. The van der Waals surface area contributed by atoms with Crippen molar-refractivity contribution in [3.8, 4) is 0 Å². The summed E-state index contributed by atoms with van der Waals surface area (Å²) in [4.78, 5) is 33.8. The Morgan fingerprint density at radius 3 is 2.17 bits per heavy atom. The summed E-state index contributed by atoms with van der Waals surface area (Å²) in [6.07, 6.45) is 0. The zero-order valence-electron chi connectivity index (χ0n) is 11.7. The maximum atomic E-state index is 13.5. The highest BCUT2D eigenvalue weighted by Crippen LogP contribution is 2.14. The lowest BCUT2D eigenvalue weighted by atomic mass is 10.1. The van der Waals surface area contributed by atoms with Gasteiger partial charge in [0, 0.05) is 6.54 Å². The predicted octanol–water partition coefficient (Wildman–Crippen LogP) is 2.15. The van der Waals surface area contributed by atoms with Gasteiger partial charge in [-0.05, 0) is 29.8 Å². The molecule has 23 heavy (non-hydrogen) atoms. The molecule has 2 aromatic rings. The minimum atomic E-state index is -1.53. The van der Waals surface area contributed by atoms with E-state index in [1.165, 1.54) is 36.4 Å². The summed E-state index contributed by atoms with van der Waals surface area (Å²) in [5, 5.41) is 20.2. The number of carbonyl (C=O) groups is 3. The van der Waals surface area contributed by atoms with Crippen molar-refractivity contribution in [1.82, 2.24) is 5.32 Å².